The number of hydrogen-bond acceptors (Lipinski definition) is 3. The van der Waals surface area contributed by atoms with Gasteiger partial charge < -0.3 is 10.5 Å². The Bertz CT molecular complexity index is 344. The number of hydrogen-bond donors (Lipinski definition) is 1. The summed E-state index contributed by atoms with van der Waals surface area (Å²) in [6.45, 7) is 7.14. The van der Waals surface area contributed by atoms with Crippen molar-refractivity contribution in [2.24, 2.45) is 0 Å². The highest BCUT2D eigenvalue weighted by Crippen LogP contribution is 2.17. The first-order chi connectivity index (χ1) is 7.65. The van der Waals surface area contributed by atoms with Crippen molar-refractivity contribution < 1.29 is 4.74 Å². The van der Waals surface area contributed by atoms with Gasteiger partial charge in [-0.2, -0.15) is 0 Å². The number of nitrogens with two attached hydrogens (primary N) is 1. The van der Waals surface area contributed by atoms with Crippen LogP contribution in [0.4, 0.5) is 5.69 Å². The Labute approximate surface area is 97.2 Å². The third-order valence-electron chi connectivity index (χ3n) is 2.94. The lowest BCUT2D eigenvalue weighted by Crippen LogP contribution is -2.44. The second-order valence-electron chi connectivity index (χ2n) is 4.65. The summed E-state index contributed by atoms with van der Waals surface area (Å²) in [6.07, 6.45) is 0.627. The fourth-order valence-electron chi connectivity index (χ4n) is 2.33. The zero-order chi connectivity index (χ0) is 11.5. The monoisotopic (exact) mass is 220 g/mol. The van der Waals surface area contributed by atoms with Crippen molar-refractivity contribution in [1.29, 1.82) is 0 Å². The maximum absolute atomic E-state index is 5.95. The van der Waals surface area contributed by atoms with Gasteiger partial charge in [-0.3, -0.25) is 4.90 Å². The second kappa shape index (κ2) is 4.85. The van der Waals surface area contributed by atoms with E-state index in [4.69, 9.17) is 10.5 Å². The van der Waals surface area contributed by atoms with Crippen LogP contribution in [0.5, 0.6) is 0 Å². The van der Waals surface area contributed by atoms with Gasteiger partial charge in [0.15, 0.2) is 0 Å². The van der Waals surface area contributed by atoms with E-state index in [9.17, 15) is 0 Å². The van der Waals surface area contributed by atoms with Crippen LogP contribution < -0.4 is 5.73 Å². The molecule has 16 heavy (non-hydrogen) atoms. The lowest BCUT2D eigenvalue weighted by molar-refractivity contribution is -0.0704. The second-order valence-corrected chi connectivity index (χ2v) is 4.65. The molecule has 88 valence electrons. The highest BCUT2D eigenvalue weighted by molar-refractivity contribution is 5.46. The molecule has 3 heteroatoms. The Hall–Kier alpha value is -1.06. The van der Waals surface area contributed by atoms with E-state index in [1.165, 1.54) is 5.56 Å². The standard InChI is InChI=1S/C13H20N2O/c1-10-7-15(8-11(2)16-10)9-12-5-3-4-6-13(12)14/h3-6,10-11H,7-9,14H2,1-2H3/t10-,11+. The van der Waals surface area contributed by atoms with Crippen molar-refractivity contribution in [2.45, 2.75) is 32.6 Å². The molecular weight excluding hydrogens is 200 g/mol. The molecule has 1 aromatic rings. The summed E-state index contributed by atoms with van der Waals surface area (Å²) >= 11 is 0. The Morgan fingerprint density at radius 1 is 1.25 bits per heavy atom. The topological polar surface area (TPSA) is 38.5 Å². The van der Waals surface area contributed by atoms with Gasteiger partial charge in [0.2, 0.25) is 0 Å². The summed E-state index contributed by atoms with van der Waals surface area (Å²) in [5, 5.41) is 0. The summed E-state index contributed by atoms with van der Waals surface area (Å²) in [5.41, 5.74) is 8.04. The van der Waals surface area contributed by atoms with E-state index in [-0.39, 0.29) is 0 Å². The van der Waals surface area contributed by atoms with Gasteiger partial charge in [-0.15, -0.1) is 0 Å². The fraction of sp³-hybridized carbons (Fsp3) is 0.538. The van der Waals surface area contributed by atoms with Crippen LogP contribution in [0.2, 0.25) is 0 Å². The Morgan fingerprint density at radius 3 is 2.50 bits per heavy atom. The highest BCUT2D eigenvalue weighted by atomic mass is 16.5. The molecule has 1 aliphatic heterocycles. The molecule has 2 atom stereocenters. The predicted molar refractivity (Wildman–Crippen MR) is 66.1 cm³/mol. The molecule has 1 aliphatic rings. The van der Waals surface area contributed by atoms with Crippen LogP contribution in [0.1, 0.15) is 19.4 Å². The average Bonchev–Trinajstić information content (AvgIpc) is 2.20. The zero-order valence-electron chi connectivity index (χ0n) is 10.0. The smallest absolute Gasteiger partial charge is 0.0678 e. The Kier molecular flexibility index (Phi) is 3.46. The maximum Gasteiger partial charge on any atom is 0.0678 e. The molecule has 0 saturated carbocycles. The normalized spacial score (nSPS) is 26.9. The molecule has 2 N–H and O–H groups in total. The lowest BCUT2D eigenvalue weighted by atomic mass is 10.1. The number of para-hydroxylation sites is 1. The number of rotatable bonds is 2. The zero-order valence-corrected chi connectivity index (χ0v) is 10.0. The molecule has 2 rings (SSSR count). The van der Waals surface area contributed by atoms with Gasteiger partial charge in [0.05, 0.1) is 12.2 Å². The van der Waals surface area contributed by atoms with Crippen LogP contribution >= 0.6 is 0 Å². The number of nitrogens with zero attached hydrogens (tertiary/aromatic N) is 1. The first-order valence-corrected chi connectivity index (χ1v) is 5.86. The maximum atomic E-state index is 5.95. The van der Waals surface area contributed by atoms with Crippen LogP contribution in [0, 0.1) is 0 Å². The van der Waals surface area contributed by atoms with Gasteiger partial charge in [0, 0.05) is 25.3 Å². The summed E-state index contributed by atoms with van der Waals surface area (Å²) in [5.74, 6) is 0. The largest absolute Gasteiger partial charge is 0.398 e. The third-order valence-corrected chi connectivity index (χ3v) is 2.94. The molecular formula is C13H20N2O. The van der Waals surface area contributed by atoms with Crippen molar-refractivity contribution in [1.82, 2.24) is 4.90 Å². The van der Waals surface area contributed by atoms with Crippen LogP contribution in [0.25, 0.3) is 0 Å². The number of benzene rings is 1. The summed E-state index contributed by atoms with van der Waals surface area (Å²) < 4.78 is 5.71. The average molecular weight is 220 g/mol. The van der Waals surface area contributed by atoms with Gasteiger partial charge in [-0.05, 0) is 25.5 Å². The molecule has 1 heterocycles. The van der Waals surface area contributed by atoms with E-state index < -0.39 is 0 Å². The van der Waals surface area contributed by atoms with Crippen molar-refractivity contribution in [3.8, 4) is 0 Å². The van der Waals surface area contributed by atoms with E-state index in [1.807, 2.05) is 18.2 Å². The number of ether oxygens (including phenoxy) is 1. The molecule has 3 nitrogen and oxygen atoms in total. The third kappa shape index (κ3) is 2.74. The van der Waals surface area contributed by atoms with Crippen molar-refractivity contribution >= 4 is 5.69 Å². The minimum atomic E-state index is 0.314. The number of morpholine rings is 1. The highest BCUT2D eigenvalue weighted by Gasteiger charge is 2.22. The van der Waals surface area contributed by atoms with Gasteiger partial charge in [-0.1, -0.05) is 18.2 Å². The fourth-order valence-corrected chi connectivity index (χ4v) is 2.33. The van der Waals surface area contributed by atoms with Gasteiger partial charge in [-0.25, -0.2) is 0 Å². The minimum absolute atomic E-state index is 0.314. The molecule has 1 fully saturated rings. The van der Waals surface area contributed by atoms with E-state index in [0.29, 0.717) is 12.2 Å². The molecule has 0 aromatic heterocycles. The minimum Gasteiger partial charge on any atom is -0.398 e. The summed E-state index contributed by atoms with van der Waals surface area (Å²) in [7, 11) is 0. The SMILES string of the molecule is C[C@@H]1CN(Cc2ccccc2N)C[C@H](C)O1. The first kappa shape index (κ1) is 11.4. The molecule has 0 aliphatic carbocycles. The first-order valence-electron chi connectivity index (χ1n) is 5.86. The molecule has 0 radical (unpaired) electrons. The molecule has 0 unspecified atom stereocenters. The molecule has 1 aromatic carbocycles. The van der Waals surface area contributed by atoms with Crippen molar-refractivity contribution in [3.05, 3.63) is 29.8 Å². The summed E-state index contributed by atoms with van der Waals surface area (Å²) in [4.78, 5) is 2.41. The van der Waals surface area contributed by atoms with Crippen molar-refractivity contribution in [3.63, 3.8) is 0 Å². The van der Waals surface area contributed by atoms with Crippen molar-refractivity contribution in [2.75, 3.05) is 18.8 Å². The summed E-state index contributed by atoms with van der Waals surface area (Å²) in [6, 6.07) is 8.07. The molecule has 1 saturated heterocycles. The van der Waals surface area contributed by atoms with Crippen LogP contribution in [-0.4, -0.2) is 30.2 Å². The van der Waals surface area contributed by atoms with E-state index in [0.717, 1.165) is 25.3 Å². The number of nitrogen functional groups attached to an aromatic ring is 1. The quantitative estimate of drug-likeness (QED) is 0.773. The van der Waals surface area contributed by atoms with Gasteiger partial charge in [0.1, 0.15) is 0 Å². The van der Waals surface area contributed by atoms with E-state index in [1.54, 1.807) is 0 Å². The van der Waals surface area contributed by atoms with Crippen LogP contribution in [0.15, 0.2) is 24.3 Å². The number of anilines is 1. The predicted octanol–water partition coefficient (Wildman–Crippen LogP) is 1.88. The Morgan fingerprint density at radius 2 is 1.88 bits per heavy atom. The van der Waals surface area contributed by atoms with Gasteiger partial charge >= 0.3 is 0 Å². The van der Waals surface area contributed by atoms with Crippen LogP contribution in [-0.2, 0) is 11.3 Å². The molecule has 0 bridgehead atoms. The van der Waals surface area contributed by atoms with Crippen LogP contribution in [0.3, 0.4) is 0 Å². The lowest BCUT2D eigenvalue weighted by Gasteiger charge is -2.35. The molecule has 0 spiro atoms. The Balaban J connectivity index is 2.02. The van der Waals surface area contributed by atoms with Gasteiger partial charge in [0.25, 0.3) is 0 Å². The van der Waals surface area contributed by atoms with E-state index in [2.05, 4.69) is 24.8 Å². The van der Waals surface area contributed by atoms with E-state index >= 15 is 0 Å². The molecule has 0 amide bonds.